The van der Waals surface area contributed by atoms with E-state index >= 15 is 0 Å². The zero-order valence-electron chi connectivity index (χ0n) is 15.3. The van der Waals surface area contributed by atoms with Gasteiger partial charge >= 0.3 is 5.76 Å². The van der Waals surface area contributed by atoms with Crippen molar-refractivity contribution in [1.29, 1.82) is 0 Å². The molecule has 27 heavy (non-hydrogen) atoms. The fraction of sp³-hybridized carbons (Fsp3) is 0.667. The predicted molar refractivity (Wildman–Crippen MR) is 102 cm³/mol. The highest BCUT2D eigenvalue weighted by molar-refractivity contribution is 7.90. The van der Waals surface area contributed by atoms with Crippen molar-refractivity contribution in [3.63, 3.8) is 0 Å². The van der Waals surface area contributed by atoms with Crippen LogP contribution in [-0.2, 0) is 16.6 Å². The zero-order chi connectivity index (χ0) is 18.9. The third kappa shape index (κ3) is 4.09. The fourth-order valence-electron chi connectivity index (χ4n) is 4.18. The fourth-order valence-corrected chi connectivity index (χ4v) is 5.96. The number of oxazole rings is 1. The SMILES string of the molecule is O=c1oc2cccnc2n1CCN1CCCC(S(=O)(=O)NC2CCCC2)C1. The van der Waals surface area contributed by atoms with E-state index in [9.17, 15) is 13.2 Å². The van der Waals surface area contributed by atoms with Crippen molar-refractivity contribution in [2.75, 3.05) is 19.6 Å². The maximum atomic E-state index is 12.7. The van der Waals surface area contributed by atoms with Crippen LogP contribution in [0, 0.1) is 0 Å². The number of hydrogen-bond acceptors (Lipinski definition) is 6. The number of piperidine rings is 1. The van der Waals surface area contributed by atoms with Gasteiger partial charge in [0.15, 0.2) is 11.2 Å². The number of nitrogens with one attached hydrogen (secondary N) is 1. The standard InChI is InChI=1S/C18H26N4O4S/c23-18-22(17-16(26-18)8-3-9-19-17)12-11-21-10-4-7-15(13-21)27(24,25)20-14-5-1-2-6-14/h3,8-9,14-15,20H,1-2,4-7,10-13H2. The minimum absolute atomic E-state index is 0.104. The highest BCUT2D eigenvalue weighted by Crippen LogP contribution is 2.22. The van der Waals surface area contributed by atoms with Crippen molar-refractivity contribution in [2.45, 2.75) is 56.4 Å². The van der Waals surface area contributed by atoms with Gasteiger partial charge < -0.3 is 9.32 Å². The largest absolute Gasteiger partial charge is 0.421 e. The molecule has 0 radical (unpaired) electrons. The molecule has 2 fully saturated rings. The molecule has 1 aliphatic carbocycles. The average Bonchev–Trinajstić information content (AvgIpc) is 3.26. The average molecular weight is 394 g/mol. The summed E-state index contributed by atoms with van der Waals surface area (Å²) in [5, 5.41) is -0.386. The van der Waals surface area contributed by atoms with Gasteiger partial charge in [-0.05, 0) is 44.4 Å². The third-order valence-corrected chi connectivity index (χ3v) is 7.58. The van der Waals surface area contributed by atoms with Crippen LogP contribution in [-0.4, -0.2) is 53.8 Å². The molecule has 3 heterocycles. The number of nitrogens with zero attached hydrogens (tertiary/aromatic N) is 3. The summed E-state index contributed by atoms with van der Waals surface area (Å²) < 4.78 is 35.1. The molecule has 1 unspecified atom stereocenters. The summed E-state index contributed by atoms with van der Waals surface area (Å²) >= 11 is 0. The molecule has 1 saturated carbocycles. The maximum absolute atomic E-state index is 12.7. The van der Waals surface area contributed by atoms with Crippen LogP contribution < -0.4 is 10.5 Å². The Hall–Kier alpha value is -1.71. The Kier molecular flexibility index (Phi) is 5.34. The molecule has 1 aliphatic heterocycles. The molecule has 1 atom stereocenters. The summed E-state index contributed by atoms with van der Waals surface area (Å²) in [5.74, 6) is -0.423. The Labute approximate surface area is 158 Å². The molecule has 4 rings (SSSR count). The van der Waals surface area contributed by atoms with Crippen LogP contribution in [0.5, 0.6) is 0 Å². The second-order valence-electron chi connectivity index (χ2n) is 7.55. The van der Waals surface area contributed by atoms with E-state index in [2.05, 4.69) is 14.6 Å². The van der Waals surface area contributed by atoms with Gasteiger partial charge in [-0.15, -0.1) is 0 Å². The van der Waals surface area contributed by atoms with E-state index in [1.54, 1.807) is 18.3 Å². The summed E-state index contributed by atoms with van der Waals surface area (Å²) in [6.07, 6.45) is 7.26. The molecule has 0 aromatic carbocycles. The monoisotopic (exact) mass is 394 g/mol. The molecule has 2 aromatic rings. The van der Waals surface area contributed by atoms with Gasteiger partial charge in [0.1, 0.15) is 0 Å². The highest BCUT2D eigenvalue weighted by atomic mass is 32.2. The first-order valence-electron chi connectivity index (χ1n) is 9.71. The van der Waals surface area contributed by atoms with Crippen LogP contribution in [0.15, 0.2) is 27.5 Å². The molecule has 0 amide bonds. The van der Waals surface area contributed by atoms with Gasteiger partial charge in [0.2, 0.25) is 10.0 Å². The number of sulfonamides is 1. The molecule has 148 valence electrons. The lowest BCUT2D eigenvalue weighted by Crippen LogP contribution is -2.49. The molecule has 1 N–H and O–H groups in total. The highest BCUT2D eigenvalue weighted by Gasteiger charge is 2.33. The number of likely N-dealkylation sites (tertiary alicyclic amines) is 1. The number of rotatable bonds is 6. The van der Waals surface area contributed by atoms with Crippen LogP contribution in [0.25, 0.3) is 11.2 Å². The first-order valence-corrected chi connectivity index (χ1v) is 11.3. The van der Waals surface area contributed by atoms with Crippen LogP contribution >= 0.6 is 0 Å². The van der Waals surface area contributed by atoms with Gasteiger partial charge in [-0.3, -0.25) is 4.57 Å². The van der Waals surface area contributed by atoms with E-state index in [0.29, 0.717) is 37.3 Å². The lowest BCUT2D eigenvalue weighted by molar-refractivity contribution is 0.220. The number of fused-ring (bicyclic) bond motifs is 1. The quantitative estimate of drug-likeness (QED) is 0.794. The van der Waals surface area contributed by atoms with Crippen molar-refractivity contribution in [2.24, 2.45) is 0 Å². The third-order valence-electron chi connectivity index (χ3n) is 5.65. The molecule has 9 heteroatoms. The summed E-state index contributed by atoms with van der Waals surface area (Å²) in [5.41, 5.74) is 1.01. The minimum atomic E-state index is -3.31. The van der Waals surface area contributed by atoms with Crippen LogP contribution in [0.4, 0.5) is 0 Å². The van der Waals surface area contributed by atoms with Crippen molar-refractivity contribution in [1.82, 2.24) is 19.2 Å². The van der Waals surface area contributed by atoms with E-state index < -0.39 is 15.8 Å². The predicted octanol–water partition coefficient (Wildman–Crippen LogP) is 1.32. The summed E-state index contributed by atoms with van der Waals surface area (Å²) in [6.45, 7) is 2.37. The Morgan fingerprint density at radius 2 is 2.00 bits per heavy atom. The van der Waals surface area contributed by atoms with Crippen molar-refractivity contribution in [3.05, 3.63) is 28.9 Å². The van der Waals surface area contributed by atoms with Gasteiger partial charge in [-0.25, -0.2) is 22.9 Å². The second kappa shape index (κ2) is 7.73. The van der Waals surface area contributed by atoms with Crippen molar-refractivity contribution >= 4 is 21.3 Å². The first-order chi connectivity index (χ1) is 13.0. The number of aromatic nitrogens is 2. The Morgan fingerprint density at radius 3 is 2.81 bits per heavy atom. The molecule has 0 bridgehead atoms. The Morgan fingerprint density at radius 1 is 1.19 bits per heavy atom. The van der Waals surface area contributed by atoms with Crippen LogP contribution in [0.2, 0.25) is 0 Å². The molecule has 8 nitrogen and oxygen atoms in total. The van der Waals surface area contributed by atoms with Gasteiger partial charge in [0.05, 0.1) is 5.25 Å². The molecule has 1 saturated heterocycles. The zero-order valence-corrected chi connectivity index (χ0v) is 16.2. The smallest absolute Gasteiger partial charge is 0.406 e. The topological polar surface area (TPSA) is 97.4 Å². The van der Waals surface area contributed by atoms with E-state index in [1.807, 2.05) is 0 Å². The van der Waals surface area contributed by atoms with E-state index in [0.717, 1.165) is 38.6 Å². The van der Waals surface area contributed by atoms with Crippen LogP contribution in [0.1, 0.15) is 38.5 Å². The molecular formula is C18H26N4O4S. The minimum Gasteiger partial charge on any atom is -0.406 e. The lowest BCUT2D eigenvalue weighted by Gasteiger charge is -2.33. The summed E-state index contributed by atoms with van der Waals surface area (Å²) in [6, 6.07) is 3.55. The molecule has 0 spiro atoms. The van der Waals surface area contributed by atoms with E-state index in [-0.39, 0.29) is 11.3 Å². The van der Waals surface area contributed by atoms with Gasteiger partial charge in [-0.2, -0.15) is 0 Å². The van der Waals surface area contributed by atoms with E-state index in [4.69, 9.17) is 4.42 Å². The molecule has 2 aromatic heterocycles. The van der Waals surface area contributed by atoms with Crippen molar-refractivity contribution in [3.8, 4) is 0 Å². The van der Waals surface area contributed by atoms with Gasteiger partial charge in [-0.1, -0.05) is 12.8 Å². The first kappa shape index (κ1) is 18.6. The van der Waals surface area contributed by atoms with Gasteiger partial charge in [0, 0.05) is 31.9 Å². The maximum Gasteiger partial charge on any atom is 0.421 e. The molecule has 2 aliphatic rings. The number of hydrogen-bond donors (Lipinski definition) is 1. The lowest BCUT2D eigenvalue weighted by atomic mass is 10.1. The van der Waals surface area contributed by atoms with Crippen LogP contribution in [0.3, 0.4) is 0 Å². The summed E-state index contributed by atoms with van der Waals surface area (Å²) in [7, 11) is -3.31. The Balaban J connectivity index is 1.39. The van der Waals surface area contributed by atoms with E-state index in [1.165, 1.54) is 4.57 Å². The van der Waals surface area contributed by atoms with Crippen molar-refractivity contribution < 1.29 is 12.8 Å². The normalized spacial score (nSPS) is 22.6. The Bertz CT molecular complexity index is 946. The number of pyridine rings is 1. The molecular weight excluding hydrogens is 368 g/mol. The second-order valence-corrected chi connectivity index (χ2v) is 9.55. The summed E-state index contributed by atoms with van der Waals surface area (Å²) in [4.78, 5) is 18.4. The van der Waals surface area contributed by atoms with Gasteiger partial charge in [0.25, 0.3) is 0 Å².